The fourth-order valence-corrected chi connectivity index (χ4v) is 6.66. The maximum Gasteiger partial charge on any atom is 0.251 e. The summed E-state index contributed by atoms with van der Waals surface area (Å²) in [6.07, 6.45) is 4.03. The van der Waals surface area contributed by atoms with Crippen LogP contribution in [0.2, 0.25) is 5.02 Å². The van der Waals surface area contributed by atoms with Gasteiger partial charge < -0.3 is 10.2 Å². The largest absolute Gasteiger partial charge is 0.355 e. The molecule has 4 aromatic carbocycles. The number of rotatable bonds is 8. The average Bonchev–Trinajstić information content (AvgIpc) is 3.64. The van der Waals surface area contributed by atoms with Crippen molar-refractivity contribution in [3.8, 4) is 16.8 Å². The number of fused-ring (bicyclic) bond motifs is 1. The number of nitrogens with zero attached hydrogens (tertiary/aromatic N) is 5. The summed E-state index contributed by atoms with van der Waals surface area (Å²) in [7, 11) is 1.58. The number of benzene rings is 4. The zero-order valence-electron chi connectivity index (χ0n) is 27.4. The lowest BCUT2D eigenvalue weighted by molar-refractivity contribution is -0.137. The molecule has 1 aromatic heterocycles. The Morgan fingerprint density at radius 2 is 1.76 bits per heavy atom. The normalized spacial score (nSPS) is 15.2. The maximum absolute atomic E-state index is 15.4. The van der Waals surface area contributed by atoms with Gasteiger partial charge in [0, 0.05) is 42.6 Å². The van der Waals surface area contributed by atoms with Crippen LogP contribution in [0.25, 0.3) is 22.9 Å². The number of hydrogen-bond acceptors (Lipinski definition) is 6. The number of carbonyl (C=O) groups excluding carboxylic acids is 3. The molecule has 0 bridgehead atoms. The van der Waals surface area contributed by atoms with E-state index in [1.807, 2.05) is 75.4 Å². The Morgan fingerprint density at radius 3 is 2.43 bits per heavy atom. The summed E-state index contributed by atoms with van der Waals surface area (Å²) in [5.41, 5.74) is 5.60. The minimum Gasteiger partial charge on any atom is -0.355 e. The van der Waals surface area contributed by atoms with Gasteiger partial charge in [-0.1, -0.05) is 85.6 Å². The van der Waals surface area contributed by atoms with Gasteiger partial charge in [-0.2, -0.15) is 4.68 Å². The topological polar surface area (TPSA) is 110 Å². The molecular formula is C38H34ClFN6O3. The number of carbonyl (C=O) groups is 3. The third-order valence-corrected chi connectivity index (χ3v) is 9.11. The molecule has 248 valence electrons. The van der Waals surface area contributed by atoms with Gasteiger partial charge in [0.1, 0.15) is 12.4 Å². The van der Waals surface area contributed by atoms with Crippen LogP contribution in [0, 0.1) is 12.7 Å². The van der Waals surface area contributed by atoms with Gasteiger partial charge in [-0.05, 0) is 75.5 Å². The molecule has 0 radical (unpaired) electrons. The van der Waals surface area contributed by atoms with Gasteiger partial charge in [-0.25, -0.2) is 4.39 Å². The SMILES string of the molecule is CNC(=O)c1ccc(-c2cccc3c2C(C)(C)CN(C(=O)C=Cc2c(-n4cnnn4)ccc(Cl)c2F)C3C(=O)Cc2ccc(C)cc2)cc1. The summed E-state index contributed by atoms with van der Waals surface area (Å²) >= 11 is 6.12. The molecule has 49 heavy (non-hydrogen) atoms. The van der Waals surface area contributed by atoms with Crippen molar-refractivity contribution in [2.45, 2.75) is 38.6 Å². The summed E-state index contributed by atoms with van der Waals surface area (Å²) in [6.45, 7) is 6.25. The number of amides is 2. The summed E-state index contributed by atoms with van der Waals surface area (Å²) in [6, 6.07) is 22.9. The first-order valence-electron chi connectivity index (χ1n) is 15.7. The second kappa shape index (κ2) is 13.6. The number of aromatic nitrogens is 4. The zero-order valence-corrected chi connectivity index (χ0v) is 28.2. The molecule has 2 amide bonds. The fraction of sp³-hybridized carbons (Fsp3) is 0.211. The Kier molecular flexibility index (Phi) is 9.25. The van der Waals surface area contributed by atoms with E-state index in [2.05, 4.69) is 20.8 Å². The summed E-state index contributed by atoms with van der Waals surface area (Å²) in [5, 5.41) is 13.6. The van der Waals surface area contributed by atoms with Gasteiger partial charge in [0.15, 0.2) is 11.6 Å². The van der Waals surface area contributed by atoms with Crippen molar-refractivity contribution >= 4 is 35.3 Å². The first kappa shape index (κ1) is 33.4. The molecule has 0 spiro atoms. The van der Waals surface area contributed by atoms with Crippen molar-refractivity contribution in [2.24, 2.45) is 0 Å². The minimum absolute atomic E-state index is 0.0230. The van der Waals surface area contributed by atoms with Gasteiger partial charge in [0.2, 0.25) is 5.91 Å². The van der Waals surface area contributed by atoms with E-state index in [9.17, 15) is 14.4 Å². The molecule has 1 N–H and O–H groups in total. The van der Waals surface area contributed by atoms with Crippen molar-refractivity contribution in [3.05, 3.63) is 135 Å². The standard InChI is InChI=1S/C38H34ClFN6O3/c1-23-8-10-24(11-9-23)20-32(47)36-29-7-5-6-27(25-12-14-26(15-13-25)37(49)41-4)34(29)38(2,3)21-45(36)33(48)19-16-28-31(46-22-42-43-44-46)18-17-30(39)35(28)40/h5-19,22,36H,20-21H2,1-4H3,(H,41,49). The Bertz CT molecular complexity index is 2080. The first-order chi connectivity index (χ1) is 23.5. The lowest BCUT2D eigenvalue weighted by atomic mass is 9.71. The smallest absolute Gasteiger partial charge is 0.251 e. The maximum atomic E-state index is 15.4. The molecule has 1 unspecified atom stereocenters. The number of tetrazole rings is 1. The molecule has 1 aliphatic rings. The van der Waals surface area contributed by atoms with E-state index in [4.69, 9.17) is 11.6 Å². The number of Topliss-reactive ketones (excluding diaryl/α,β-unsaturated/α-hetero) is 1. The molecule has 5 aromatic rings. The van der Waals surface area contributed by atoms with E-state index >= 15 is 4.39 Å². The van der Waals surface area contributed by atoms with Crippen molar-refractivity contribution in [2.75, 3.05) is 13.6 Å². The van der Waals surface area contributed by atoms with Crippen molar-refractivity contribution in [3.63, 3.8) is 0 Å². The Balaban J connectivity index is 1.44. The van der Waals surface area contributed by atoms with Gasteiger partial charge >= 0.3 is 0 Å². The molecule has 0 saturated carbocycles. The lowest BCUT2D eigenvalue weighted by Gasteiger charge is -2.45. The third kappa shape index (κ3) is 6.64. The molecule has 2 heterocycles. The van der Waals surface area contributed by atoms with E-state index in [1.165, 1.54) is 29.2 Å². The predicted octanol–water partition coefficient (Wildman–Crippen LogP) is 6.48. The molecule has 0 fully saturated rings. The average molecular weight is 677 g/mol. The van der Waals surface area contributed by atoms with Crippen molar-refractivity contribution in [1.29, 1.82) is 0 Å². The second-order valence-corrected chi connectivity index (χ2v) is 13.1. The highest BCUT2D eigenvalue weighted by atomic mass is 35.5. The molecule has 0 aliphatic carbocycles. The molecule has 9 nitrogen and oxygen atoms in total. The van der Waals surface area contributed by atoms with E-state index in [0.717, 1.165) is 27.8 Å². The summed E-state index contributed by atoms with van der Waals surface area (Å²) in [4.78, 5) is 42.3. The monoisotopic (exact) mass is 676 g/mol. The second-order valence-electron chi connectivity index (χ2n) is 12.7. The van der Waals surface area contributed by atoms with Crippen LogP contribution in [0.1, 0.15) is 58.1 Å². The quantitative estimate of drug-likeness (QED) is 0.189. The van der Waals surface area contributed by atoms with Crippen LogP contribution in [0.15, 0.2) is 91.3 Å². The number of hydrogen-bond donors (Lipinski definition) is 1. The molecule has 0 saturated heterocycles. The molecule has 1 atom stereocenters. The molecule has 6 rings (SSSR count). The van der Waals surface area contributed by atoms with Crippen LogP contribution >= 0.6 is 11.6 Å². The van der Waals surface area contributed by atoms with Crippen LogP contribution in [-0.4, -0.2) is 56.3 Å². The Labute approximate surface area is 288 Å². The highest BCUT2D eigenvalue weighted by Crippen LogP contribution is 2.45. The van der Waals surface area contributed by atoms with Crippen LogP contribution in [-0.2, 0) is 21.4 Å². The third-order valence-electron chi connectivity index (χ3n) is 8.82. The van der Waals surface area contributed by atoms with Crippen molar-refractivity contribution < 1.29 is 18.8 Å². The van der Waals surface area contributed by atoms with Crippen LogP contribution in [0.5, 0.6) is 0 Å². The Morgan fingerprint density at radius 1 is 1.02 bits per heavy atom. The van der Waals surface area contributed by atoms with E-state index in [0.29, 0.717) is 16.8 Å². The van der Waals surface area contributed by atoms with Crippen molar-refractivity contribution in [1.82, 2.24) is 30.4 Å². The molecule has 11 heteroatoms. The predicted molar refractivity (Wildman–Crippen MR) is 186 cm³/mol. The highest BCUT2D eigenvalue weighted by Gasteiger charge is 2.43. The minimum atomic E-state index is -0.922. The van der Waals surface area contributed by atoms with Gasteiger partial charge in [0.05, 0.1) is 10.7 Å². The van der Waals surface area contributed by atoms with Crippen LogP contribution < -0.4 is 5.32 Å². The van der Waals surface area contributed by atoms with Crippen LogP contribution in [0.3, 0.4) is 0 Å². The fourth-order valence-electron chi connectivity index (χ4n) is 6.50. The van der Waals surface area contributed by atoms with Gasteiger partial charge in [-0.15, -0.1) is 5.10 Å². The summed E-state index contributed by atoms with van der Waals surface area (Å²) < 4.78 is 16.6. The summed E-state index contributed by atoms with van der Waals surface area (Å²) in [5.74, 6) is -1.54. The van der Waals surface area contributed by atoms with Gasteiger partial charge in [-0.3, -0.25) is 14.4 Å². The number of halogens is 2. The number of nitrogens with one attached hydrogen (secondary N) is 1. The van der Waals surface area contributed by atoms with Crippen LogP contribution in [0.4, 0.5) is 4.39 Å². The first-order valence-corrected chi connectivity index (χ1v) is 16.1. The molecule has 1 aliphatic heterocycles. The number of aryl methyl sites for hydroxylation is 1. The molecular weight excluding hydrogens is 643 g/mol. The number of ketones is 1. The Hall–Kier alpha value is -5.48. The highest BCUT2D eigenvalue weighted by molar-refractivity contribution is 6.31. The van der Waals surface area contributed by atoms with Gasteiger partial charge in [0.25, 0.3) is 5.91 Å². The van der Waals surface area contributed by atoms with E-state index in [1.54, 1.807) is 30.1 Å². The lowest BCUT2D eigenvalue weighted by Crippen LogP contribution is -2.50. The van der Waals surface area contributed by atoms with E-state index < -0.39 is 23.2 Å². The van der Waals surface area contributed by atoms with E-state index in [-0.39, 0.29) is 35.2 Å². The zero-order chi connectivity index (χ0) is 34.9.